The van der Waals surface area contributed by atoms with Gasteiger partial charge >= 0.3 is 0 Å². The van der Waals surface area contributed by atoms with E-state index in [0.717, 1.165) is 33.4 Å². The van der Waals surface area contributed by atoms with Crippen LogP contribution in [0, 0.1) is 0 Å². The predicted molar refractivity (Wildman–Crippen MR) is 146 cm³/mol. The summed E-state index contributed by atoms with van der Waals surface area (Å²) in [7, 11) is 0. The average Bonchev–Trinajstić information content (AvgIpc) is 2.86. The zero-order valence-electron chi connectivity index (χ0n) is 17.7. The van der Waals surface area contributed by atoms with E-state index in [2.05, 4.69) is 68.3 Å². The standard InChI is InChI=1S/C28H22Br2Cl2O/c29-17-21-15-23(31)11-13-25(21)27(19-7-3-1-4-8-19)33-28(20-9-5-2-6-10-20)26-14-12-24(32)16-22(26)18-30/h1-16,27-28H,17-18H2. The van der Waals surface area contributed by atoms with E-state index in [1.807, 2.05) is 60.7 Å². The van der Waals surface area contributed by atoms with Crippen molar-refractivity contribution in [2.75, 3.05) is 0 Å². The van der Waals surface area contributed by atoms with Gasteiger partial charge in [-0.15, -0.1) is 0 Å². The maximum atomic E-state index is 7.03. The fraction of sp³-hybridized carbons (Fsp3) is 0.143. The maximum absolute atomic E-state index is 7.03. The van der Waals surface area contributed by atoms with Crippen LogP contribution in [-0.4, -0.2) is 0 Å². The molecule has 4 aromatic rings. The van der Waals surface area contributed by atoms with Gasteiger partial charge in [0.2, 0.25) is 0 Å². The molecule has 0 saturated carbocycles. The van der Waals surface area contributed by atoms with Crippen molar-refractivity contribution >= 4 is 55.1 Å². The Labute approximate surface area is 222 Å². The summed E-state index contributed by atoms with van der Waals surface area (Å²) >= 11 is 19.9. The lowest BCUT2D eigenvalue weighted by Gasteiger charge is -2.29. The van der Waals surface area contributed by atoms with Crippen molar-refractivity contribution < 1.29 is 4.74 Å². The Morgan fingerprint density at radius 3 is 1.33 bits per heavy atom. The third kappa shape index (κ3) is 5.90. The number of alkyl halides is 2. The molecule has 1 nitrogen and oxygen atoms in total. The van der Waals surface area contributed by atoms with Crippen LogP contribution in [-0.2, 0) is 15.4 Å². The number of rotatable bonds is 8. The van der Waals surface area contributed by atoms with Crippen LogP contribution in [0.4, 0.5) is 0 Å². The molecule has 168 valence electrons. The number of ether oxygens (including phenoxy) is 1. The Hall–Kier alpha value is -1.62. The Bertz CT molecular complexity index is 1100. The molecule has 2 unspecified atom stereocenters. The molecule has 0 aliphatic carbocycles. The largest absolute Gasteiger partial charge is 0.356 e. The van der Waals surface area contributed by atoms with Crippen molar-refractivity contribution in [2.45, 2.75) is 22.9 Å². The Kier molecular flexibility index (Phi) is 8.67. The van der Waals surface area contributed by atoms with Crippen LogP contribution in [0.5, 0.6) is 0 Å². The van der Waals surface area contributed by atoms with E-state index in [9.17, 15) is 0 Å². The highest BCUT2D eigenvalue weighted by Crippen LogP contribution is 2.40. The molecule has 5 heteroatoms. The first kappa shape index (κ1) is 24.5. The van der Waals surface area contributed by atoms with Gasteiger partial charge in [-0.1, -0.05) is 128 Å². The third-order valence-electron chi connectivity index (χ3n) is 5.54. The van der Waals surface area contributed by atoms with Gasteiger partial charge in [0.05, 0.1) is 0 Å². The van der Waals surface area contributed by atoms with Crippen molar-refractivity contribution in [3.05, 3.63) is 140 Å². The van der Waals surface area contributed by atoms with E-state index in [0.29, 0.717) is 20.7 Å². The van der Waals surface area contributed by atoms with Crippen molar-refractivity contribution in [3.63, 3.8) is 0 Å². The molecule has 0 radical (unpaired) electrons. The second kappa shape index (κ2) is 11.7. The van der Waals surface area contributed by atoms with Crippen LogP contribution in [0.15, 0.2) is 97.1 Å². The number of hydrogen-bond acceptors (Lipinski definition) is 1. The summed E-state index contributed by atoms with van der Waals surface area (Å²) in [6.45, 7) is 0. The van der Waals surface area contributed by atoms with Crippen LogP contribution in [0.3, 0.4) is 0 Å². The van der Waals surface area contributed by atoms with Gasteiger partial charge in [-0.05, 0) is 57.6 Å². The van der Waals surface area contributed by atoms with Gasteiger partial charge in [0, 0.05) is 20.7 Å². The number of benzene rings is 4. The van der Waals surface area contributed by atoms with Crippen molar-refractivity contribution in [2.24, 2.45) is 0 Å². The molecule has 0 aromatic heterocycles. The molecule has 0 spiro atoms. The molecule has 4 rings (SSSR count). The minimum absolute atomic E-state index is 0.292. The zero-order chi connectivity index (χ0) is 23.2. The highest BCUT2D eigenvalue weighted by molar-refractivity contribution is 9.08. The van der Waals surface area contributed by atoms with E-state index in [1.54, 1.807) is 0 Å². The minimum Gasteiger partial charge on any atom is -0.356 e. The van der Waals surface area contributed by atoms with E-state index < -0.39 is 0 Å². The molecule has 0 bridgehead atoms. The van der Waals surface area contributed by atoms with Gasteiger partial charge in [-0.3, -0.25) is 0 Å². The van der Waals surface area contributed by atoms with Crippen LogP contribution in [0.1, 0.15) is 45.6 Å². The SMILES string of the molecule is Clc1ccc(C(OC(c2ccccc2)c2ccc(Cl)cc2CBr)c2ccccc2)c(CBr)c1. The van der Waals surface area contributed by atoms with Gasteiger partial charge in [0.15, 0.2) is 0 Å². The molecule has 2 atom stereocenters. The molecule has 33 heavy (non-hydrogen) atoms. The fourth-order valence-electron chi connectivity index (χ4n) is 3.95. The summed E-state index contributed by atoms with van der Waals surface area (Å²) in [6, 6.07) is 32.6. The number of hydrogen-bond donors (Lipinski definition) is 0. The van der Waals surface area contributed by atoms with Gasteiger partial charge in [0.25, 0.3) is 0 Å². The molecular weight excluding hydrogens is 583 g/mol. The number of halogens is 4. The highest BCUT2D eigenvalue weighted by atomic mass is 79.9. The average molecular weight is 605 g/mol. The lowest BCUT2D eigenvalue weighted by atomic mass is 9.94. The summed E-state index contributed by atoms with van der Waals surface area (Å²) in [4.78, 5) is 0. The first-order chi connectivity index (χ1) is 16.1. The molecule has 0 saturated heterocycles. The topological polar surface area (TPSA) is 9.23 Å². The third-order valence-corrected chi connectivity index (χ3v) is 7.22. The Morgan fingerprint density at radius 2 is 0.970 bits per heavy atom. The quantitative estimate of drug-likeness (QED) is 0.182. The first-order valence-electron chi connectivity index (χ1n) is 10.5. The smallest absolute Gasteiger partial charge is 0.109 e. The van der Waals surface area contributed by atoms with E-state index >= 15 is 0 Å². The van der Waals surface area contributed by atoms with Crippen molar-refractivity contribution in [3.8, 4) is 0 Å². The molecule has 0 heterocycles. The maximum Gasteiger partial charge on any atom is 0.109 e. The van der Waals surface area contributed by atoms with E-state index in [-0.39, 0.29) is 12.2 Å². The monoisotopic (exact) mass is 602 g/mol. The van der Waals surface area contributed by atoms with Gasteiger partial charge in [-0.2, -0.15) is 0 Å². The van der Waals surface area contributed by atoms with Crippen molar-refractivity contribution in [1.82, 2.24) is 0 Å². The predicted octanol–water partition coefficient (Wildman–Crippen LogP) is 9.68. The van der Waals surface area contributed by atoms with Crippen molar-refractivity contribution in [1.29, 1.82) is 0 Å². The second-order valence-corrected chi connectivity index (χ2v) is 9.67. The molecule has 0 amide bonds. The second-order valence-electron chi connectivity index (χ2n) is 7.67. The molecule has 0 aliphatic rings. The Balaban J connectivity index is 1.87. The van der Waals surface area contributed by atoms with E-state index in [1.165, 1.54) is 0 Å². The summed E-state index contributed by atoms with van der Waals surface area (Å²) in [5.41, 5.74) is 6.52. The fourth-order valence-corrected chi connectivity index (χ4v) is 5.31. The summed E-state index contributed by atoms with van der Waals surface area (Å²) in [5, 5.41) is 2.77. The summed E-state index contributed by atoms with van der Waals surface area (Å²) in [6.07, 6.45) is -0.583. The lowest BCUT2D eigenvalue weighted by Crippen LogP contribution is -2.15. The summed E-state index contributed by atoms with van der Waals surface area (Å²) < 4.78 is 7.03. The molecular formula is C28H22Br2Cl2O. The lowest BCUT2D eigenvalue weighted by molar-refractivity contribution is 0.0301. The Morgan fingerprint density at radius 1 is 0.576 bits per heavy atom. The molecule has 4 aromatic carbocycles. The highest BCUT2D eigenvalue weighted by Gasteiger charge is 2.26. The van der Waals surface area contributed by atoms with Gasteiger partial charge in [0.1, 0.15) is 12.2 Å². The normalized spacial score (nSPS) is 13.0. The van der Waals surface area contributed by atoms with Gasteiger partial charge < -0.3 is 4.74 Å². The van der Waals surface area contributed by atoms with E-state index in [4.69, 9.17) is 27.9 Å². The molecule has 0 N–H and O–H groups in total. The van der Waals surface area contributed by atoms with Crippen LogP contribution in [0.25, 0.3) is 0 Å². The zero-order valence-corrected chi connectivity index (χ0v) is 22.4. The van der Waals surface area contributed by atoms with Crippen LogP contribution >= 0.6 is 55.1 Å². The molecule has 0 aliphatic heterocycles. The summed E-state index contributed by atoms with van der Waals surface area (Å²) in [5.74, 6) is 0. The molecule has 0 fully saturated rings. The van der Waals surface area contributed by atoms with Crippen LogP contribution in [0.2, 0.25) is 10.0 Å². The first-order valence-corrected chi connectivity index (χ1v) is 13.5. The minimum atomic E-state index is -0.292. The van der Waals surface area contributed by atoms with Gasteiger partial charge in [-0.25, -0.2) is 0 Å². The van der Waals surface area contributed by atoms with Crippen LogP contribution < -0.4 is 0 Å².